The first-order chi connectivity index (χ1) is 12.3. The Morgan fingerprint density at radius 2 is 1.16 bits per heavy atom. The Bertz CT molecular complexity index is 392. The van der Waals surface area contributed by atoms with E-state index in [4.69, 9.17) is 9.47 Å². The lowest BCUT2D eigenvalue weighted by Crippen LogP contribution is -2.00. The average molecular weight is 353 g/mol. The Morgan fingerprint density at radius 1 is 0.640 bits per heavy atom. The number of aryl methyl sites for hydroxylation is 1. The van der Waals surface area contributed by atoms with Gasteiger partial charge in [-0.05, 0) is 43.4 Å². The Kier molecular flexibility index (Phi) is 14.6. The number of unbranched alkanes of at least 4 members (excludes halogenated alkanes) is 9. The average Bonchev–Trinajstić information content (AvgIpc) is 2.63. The summed E-state index contributed by atoms with van der Waals surface area (Å²) in [5.41, 5.74) is 1.25. The summed E-state index contributed by atoms with van der Waals surface area (Å²) in [5.74, 6) is -0.140. The molecule has 0 N–H and O–H groups in total. The van der Waals surface area contributed by atoms with Crippen molar-refractivity contribution in [3.8, 4) is 0 Å². The molecule has 0 radical (unpaired) electrons. The minimum absolute atomic E-state index is 0.140. The number of methoxy groups -OCH3 is 1. The molecule has 2 nitrogen and oxygen atoms in total. The minimum Gasteiger partial charge on any atom is -0.385 e. The van der Waals surface area contributed by atoms with E-state index in [2.05, 4.69) is 0 Å². The Morgan fingerprint density at radius 3 is 1.76 bits per heavy atom. The van der Waals surface area contributed by atoms with Crippen LogP contribution in [0.1, 0.15) is 76.2 Å². The van der Waals surface area contributed by atoms with Crippen LogP contribution >= 0.6 is 0 Å². The van der Waals surface area contributed by atoms with E-state index in [-0.39, 0.29) is 5.82 Å². The van der Waals surface area contributed by atoms with Crippen molar-refractivity contribution >= 4 is 0 Å². The first kappa shape index (κ1) is 22.1. The highest BCUT2D eigenvalue weighted by Crippen LogP contribution is 2.13. The van der Waals surface area contributed by atoms with Crippen LogP contribution in [0.4, 0.5) is 4.39 Å². The summed E-state index contributed by atoms with van der Waals surface area (Å²) in [6, 6.07) is 6.92. The lowest BCUT2D eigenvalue weighted by atomic mass is 10.0. The maximum atomic E-state index is 12.8. The molecule has 0 aromatic heterocycles. The quantitative estimate of drug-likeness (QED) is 0.305. The van der Waals surface area contributed by atoms with E-state index in [1.165, 1.54) is 69.8 Å². The number of halogens is 1. The first-order valence-electron chi connectivity index (χ1n) is 10.1. The van der Waals surface area contributed by atoms with Gasteiger partial charge in [-0.2, -0.15) is 0 Å². The standard InChI is InChI=1S/C22H37FO2/c1-24-18-12-20-25-19-11-9-7-5-3-2-4-6-8-10-13-21-14-16-22(23)17-15-21/h14-17H,2-13,18-20H2,1H3. The van der Waals surface area contributed by atoms with Crippen LogP contribution in [0.5, 0.6) is 0 Å². The highest BCUT2D eigenvalue weighted by molar-refractivity contribution is 5.15. The Hall–Kier alpha value is -0.930. The minimum atomic E-state index is -0.140. The molecule has 0 aliphatic heterocycles. The van der Waals surface area contributed by atoms with Crippen LogP contribution in [0.25, 0.3) is 0 Å². The van der Waals surface area contributed by atoms with Gasteiger partial charge in [-0.1, -0.05) is 63.5 Å². The Labute approximate surface area is 154 Å². The van der Waals surface area contributed by atoms with Gasteiger partial charge >= 0.3 is 0 Å². The monoisotopic (exact) mass is 352 g/mol. The molecule has 0 saturated heterocycles. The predicted molar refractivity (Wildman–Crippen MR) is 104 cm³/mol. The fourth-order valence-electron chi connectivity index (χ4n) is 3.01. The lowest BCUT2D eigenvalue weighted by Gasteiger charge is -2.05. The van der Waals surface area contributed by atoms with E-state index in [0.717, 1.165) is 32.7 Å². The van der Waals surface area contributed by atoms with Crippen LogP contribution in [0.15, 0.2) is 24.3 Å². The molecule has 144 valence electrons. The van der Waals surface area contributed by atoms with Crippen molar-refractivity contribution in [2.75, 3.05) is 26.9 Å². The molecule has 0 saturated carbocycles. The maximum absolute atomic E-state index is 12.8. The molecule has 0 fully saturated rings. The summed E-state index contributed by atoms with van der Waals surface area (Å²) < 4.78 is 23.4. The highest BCUT2D eigenvalue weighted by Gasteiger charge is 1.96. The normalized spacial score (nSPS) is 11.1. The first-order valence-corrected chi connectivity index (χ1v) is 10.1. The van der Waals surface area contributed by atoms with E-state index < -0.39 is 0 Å². The van der Waals surface area contributed by atoms with Crippen LogP contribution in [0, 0.1) is 5.82 Å². The molecular formula is C22H37FO2. The van der Waals surface area contributed by atoms with E-state index in [0.29, 0.717) is 0 Å². The van der Waals surface area contributed by atoms with Gasteiger partial charge in [0, 0.05) is 26.9 Å². The van der Waals surface area contributed by atoms with Crippen molar-refractivity contribution in [3.05, 3.63) is 35.6 Å². The smallest absolute Gasteiger partial charge is 0.123 e. The lowest BCUT2D eigenvalue weighted by molar-refractivity contribution is 0.100. The maximum Gasteiger partial charge on any atom is 0.123 e. The zero-order chi connectivity index (χ0) is 18.0. The summed E-state index contributed by atoms with van der Waals surface area (Å²) in [6.45, 7) is 2.53. The molecule has 0 atom stereocenters. The van der Waals surface area contributed by atoms with Gasteiger partial charge in [0.25, 0.3) is 0 Å². The number of ether oxygens (including phenoxy) is 2. The molecule has 1 aromatic rings. The molecule has 0 heterocycles. The van der Waals surface area contributed by atoms with E-state index in [1.54, 1.807) is 19.2 Å². The number of hydrogen-bond acceptors (Lipinski definition) is 2. The van der Waals surface area contributed by atoms with Crippen molar-refractivity contribution in [1.29, 1.82) is 0 Å². The molecule has 1 aromatic carbocycles. The zero-order valence-electron chi connectivity index (χ0n) is 16.1. The summed E-state index contributed by atoms with van der Waals surface area (Å²) in [7, 11) is 1.73. The summed E-state index contributed by atoms with van der Waals surface area (Å²) in [4.78, 5) is 0. The molecule has 0 bridgehead atoms. The van der Waals surface area contributed by atoms with Crippen LogP contribution in [-0.4, -0.2) is 26.9 Å². The molecule has 3 heteroatoms. The van der Waals surface area contributed by atoms with Crippen LogP contribution < -0.4 is 0 Å². The molecule has 0 aliphatic rings. The highest BCUT2D eigenvalue weighted by atomic mass is 19.1. The van der Waals surface area contributed by atoms with Gasteiger partial charge in [0.15, 0.2) is 0 Å². The van der Waals surface area contributed by atoms with Gasteiger partial charge in [-0.25, -0.2) is 4.39 Å². The SMILES string of the molecule is COCCCOCCCCCCCCCCCCc1ccc(F)cc1. The summed E-state index contributed by atoms with van der Waals surface area (Å²) in [6.07, 6.45) is 15.2. The number of hydrogen-bond donors (Lipinski definition) is 0. The van der Waals surface area contributed by atoms with Gasteiger partial charge in [0.2, 0.25) is 0 Å². The molecule has 0 unspecified atom stereocenters. The summed E-state index contributed by atoms with van der Waals surface area (Å²) >= 11 is 0. The van der Waals surface area contributed by atoms with E-state index >= 15 is 0 Å². The molecule has 0 aliphatic carbocycles. The van der Waals surface area contributed by atoms with Gasteiger partial charge in [-0.15, -0.1) is 0 Å². The fourth-order valence-corrected chi connectivity index (χ4v) is 3.01. The van der Waals surface area contributed by atoms with E-state index in [1.807, 2.05) is 12.1 Å². The van der Waals surface area contributed by atoms with Crippen molar-refractivity contribution in [2.24, 2.45) is 0 Å². The molecule has 1 rings (SSSR count). The van der Waals surface area contributed by atoms with Crippen LogP contribution in [-0.2, 0) is 15.9 Å². The topological polar surface area (TPSA) is 18.5 Å². The second kappa shape index (κ2) is 16.5. The zero-order valence-corrected chi connectivity index (χ0v) is 16.1. The van der Waals surface area contributed by atoms with Crippen LogP contribution in [0.2, 0.25) is 0 Å². The largest absolute Gasteiger partial charge is 0.385 e. The second-order valence-electron chi connectivity index (χ2n) is 6.87. The van der Waals surface area contributed by atoms with Crippen molar-refractivity contribution in [3.63, 3.8) is 0 Å². The number of benzene rings is 1. The van der Waals surface area contributed by atoms with E-state index in [9.17, 15) is 4.39 Å². The van der Waals surface area contributed by atoms with Crippen molar-refractivity contribution < 1.29 is 13.9 Å². The van der Waals surface area contributed by atoms with Gasteiger partial charge in [0.05, 0.1) is 0 Å². The van der Waals surface area contributed by atoms with Gasteiger partial charge < -0.3 is 9.47 Å². The Balaban J connectivity index is 1.74. The third-order valence-corrected chi connectivity index (χ3v) is 4.55. The molecule has 0 spiro atoms. The predicted octanol–water partition coefficient (Wildman–Crippen LogP) is 6.32. The van der Waals surface area contributed by atoms with Gasteiger partial charge in [-0.3, -0.25) is 0 Å². The molecular weight excluding hydrogens is 315 g/mol. The van der Waals surface area contributed by atoms with Crippen LogP contribution in [0.3, 0.4) is 0 Å². The third-order valence-electron chi connectivity index (χ3n) is 4.55. The molecule has 25 heavy (non-hydrogen) atoms. The van der Waals surface area contributed by atoms with Crippen molar-refractivity contribution in [2.45, 2.75) is 77.0 Å². The fraction of sp³-hybridized carbons (Fsp3) is 0.727. The van der Waals surface area contributed by atoms with Crippen molar-refractivity contribution in [1.82, 2.24) is 0 Å². The summed E-state index contributed by atoms with van der Waals surface area (Å²) in [5, 5.41) is 0. The molecule has 0 amide bonds. The van der Waals surface area contributed by atoms with Gasteiger partial charge in [0.1, 0.15) is 5.82 Å². The second-order valence-corrected chi connectivity index (χ2v) is 6.87. The number of rotatable bonds is 17. The third kappa shape index (κ3) is 14.0.